The third-order valence-corrected chi connectivity index (χ3v) is 6.05. The number of nitriles is 1. The molecule has 2 atom stereocenters. The SMILES string of the molecule is CC(C)C[C@H](N[C@H](c1ccc(-c2ccc(S(C)(=O)=O)cc2)cc1)C(F)(F)F)C(=O)NCC#N. The molecule has 33 heavy (non-hydrogen) atoms. The first-order valence-corrected chi connectivity index (χ1v) is 12.1. The highest BCUT2D eigenvalue weighted by Gasteiger charge is 2.42. The zero-order chi connectivity index (χ0) is 24.8. The monoisotopic (exact) mass is 481 g/mol. The van der Waals surface area contributed by atoms with Crippen LogP contribution in [0.1, 0.15) is 31.9 Å². The van der Waals surface area contributed by atoms with Gasteiger partial charge in [-0.2, -0.15) is 18.4 Å². The molecule has 2 N–H and O–H groups in total. The lowest BCUT2D eigenvalue weighted by molar-refractivity contribution is -0.161. The van der Waals surface area contributed by atoms with Crippen LogP contribution in [0.3, 0.4) is 0 Å². The van der Waals surface area contributed by atoms with Crippen LogP contribution in [0.15, 0.2) is 53.4 Å². The third-order valence-electron chi connectivity index (χ3n) is 4.92. The van der Waals surface area contributed by atoms with Crippen LogP contribution in [0.25, 0.3) is 11.1 Å². The molecule has 0 saturated heterocycles. The molecule has 0 saturated carbocycles. The van der Waals surface area contributed by atoms with E-state index in [4.69, 9.17) is 5.26 Å². The number of sulfone groups is 1. The zero-order valence-electron chi connectivity index (χ0n) is 18.5. The maximum absolute atomic E-state index is 13.9. The van der Waals surface area contributed by atoms with Crippen molar-refractivity contribution in [3.8, 4) is 17.2 Å². The van der Waals surface area contributed by atoms with E-state index in [1.807, 2.05) is 0 Å². The number of carbonyl (C=O) groups excluding carboxylic acids is 1. The van der Waals surface area contributed by atoms with Crippen molar-refractivity contribution in [2.24, 2.45) is 5.92 Å². The van der Waals surface area contributed by atoms with Gasteiger partial charge in [0.05, 0.1) is 17.0 Å². The van der Waals surface area contributed by atoms with Crippen LogP contribution in [0.4, 0.5) is 13.2 Å². The van der Waals surface area contributed by atoms with Crippen molar-refractivity contribution in [2.75, 3.05) is 12.8 Å². The Morgan fingerprint density at radius 2 is 1.55 bits per heavy atom. The van der Waals surface area contributed by atoms with E-state index in [1.165, 1.54) is 36.4 Å². The summed E-state index contributed by atoms with van der Waals surface area (Å²) < 4.78 is 64.9. The van der Waals surface area contributed by atoms with Crippen LogP contribution in [-0.2, 0) is 14.6 Å². The second kappa shape index (κ2) is 10.8. The minimum absolute atomic E-state index is 0.0542. The molecule has 0 heterocycles. The van der Waals surface area contributed by atoms with Crippen LogP contribution in [0.2, 0.25) is 0 Å². The van der Waals surface area contributed by atoms with Gasteiger partial charge in [-0.05, 0) is 41.2 Å². The molecule has 0 aliphatic carbocycles. The van der Waals surface area contributed by atoms with Gasteiger partial charge in [-0.3, -0.25) is 10.1 Å². The molecular weight excluding hydrogens is 455 g/mol. The van der Waals surface area contributed by atoms with E-state index >= 15 is 0 Å². The van der Waals surface area contributed by atoms with Crippen LogP contribution in [-0.4, -0.2) is 39.3 Å². The van der Waals surface area contributed by atoms with Gasteiger partial charge >= 0.3 is 6.18 Å². The first-order valence-electron chi connectivity index (χ1n) is 10.2. The van der Waals surface area contributed by atoms with Crippen LogP contribution in [0, 0.1) is 17.2 Å². The molecule has 0 bridgehead atoms. The number of nitrogens with zero attached hydrogens (tertiary/aromatic N) is 1. The Hall–Kier alpha value is -2.90. The number of carbonyl (C=O) groups is 1. The van der Waals surface area contributed by atoms with Crippen molar-refractivity contribution in [1.29, 1.82) is 5.26 Å². The first-order chi connectivity index (χ1) is 15.3. The van der Waals surface area contributed by atoms with E-state index < -0.39 is 34.0 Å². The maximum Gasteiger partial charge on any atom is 0.407 e. The van der Waals surface area contributed by atoms with Gasteiger partial charge in [-0.15, -0.1) is 0 Å². The summed E-state index contributed by atoms with van der Waals surface area (Å²) in [4.78, 5) is 12.5. The number of hydrogen-bond donors (Lipinski definition) is 2. The normalized spacial score (nSPS) is 13.9. The van der Waals surface area contributed by atoms with Gasteiger partial charge in [0.1, 0.15) is 12.6 Å². The Labute approximate surface area is 191 Å². The summed E-state index contributed by atoms with van der Waals surface area (Å²) in [5, 5.41) is 13.4. The number of hydrogen-bond acceptors (Lipinski definition) is 5. The minimum Gasteiger partial charge on any atom is -0.342 e. The summed E-state index contributed by atoms with van der Waals surface area (Å²) in [5.74, 6) is -0.719. The van der Waals surface area contributed by atoms with E-state index in [0.29, 0.717) is 11.1 Å². The number of rotatable bonds is 9. The molecular formula is C23H26F3N3O3S. The van der Waals surface area contributed by atoms with E-state index in [9.17, 15) is 26.4 Å². The molecule has 0 aliphatic rings. The fourth-order valence-corrected chi connectivity index (χ4v) is 3.95. The molecule has 10 heteroatoms. The lowest BCUT2D eigenvalue weighted by atomic mass is 9.97. The molecule has 0 radical (unpaired) electrons. The van der Waals surface area contributed by atoms with Gasteiger partial charge in [0.15, 0.2) is 9.84 Å². The Morgan fingerprint density at radius 1 is 1.03 bits per heavy atom. The average molecular weight is 482 g/mol. The van der Waals surface area contributed by atoms with Crippen LogP contribution >= 0.6 is 0 Å². The number of alkyl halides is 3. The molecule has 1 amide bonds. The summed E-state index contributed by atoms with van der Waals surface area (Å²) in [7, 11) is -3.35. The van der Waals surface area contributed by atoms with Gasteiger partial charge in [-0.1, -0.05) is 50.2 Å². The summed E-state index contributed by atoms with van der Waals surface area (Å²) >= 11 is 0. The number of nitrogens with one attached hydrogen (secondary N) is 2. The van der Waals surface area contributed by atoms with Crippen molar-refractivity contribution in [3.63, 3.8) is 0 Å². The van der Waals surface area contributed by atoms with Gasteiger partial charge < -0.3 is 5.32 Å². The van der Waals surface area contributed by atoms with Gasteiger partial charge in [0.25, 0.3) is 0 Å². The molecule has 6 nitrogen and oxygen atoms in total. The lowest BCUT2D eigenvalue weighted by Crippen LogP contribution is -2.49. The fourth-order valence-electron chi connectivity index (χ4n) is 3.32. The lowest BCUT2D eigenvalue weighted by Gasteiger charge is -2.28. The van der Waals surface area contributed by atoms with Crippen LogP contribution in [0.5, 0.6) is 0 Å². The van der Waals surface area contributed by atoms with E-state index in [0.717, 1.165) is 6.26 Å². The van der Waals surface area contributed by atoms with Gasteiger partial charge in [0.2, 0.25) is 5.91 Å². The fraction of sp³-hybridized carbons (Fsp3) is 0.391. The minimum atomic E-state index is -4.66. The highest BCUT2D eigenvalue weighted by Crippen LogP contribution is 2.34. The Kier molecular flexibility index (Phi) is 8.63. The Bertz CT molecular complexity index is 1090. The van der Waals surface area contributed by atoms with E-state index in [1.54, 1.807) is 32.0 Å². The van der Waals surface area contributed by atoms with Crippen molar-refractivity contribution in [2.45, 2.75) is 43.4 Å². The van der Waals surface area contributed by atoms with Gasteiger partial charge in [-0.25, -0.2) is 8.42 Å². The standard InChI is InChI=1S/C23H26F3N3O3S/c1-15(2)14-20(22(30)28-13-12-27)29-21(23(24,25)26)18-6-4-16(5-7-18)17-8-10-19(11-9-17)33(3,31)32/h4-11,15,20-21,29H,13-14H2,1-3H3,(H,28,30)/t20-,21+/m0/s1. The Morgan fingerprint density at radius 3 is 1.97 bits per heavy atom. The highest BCUT2D eigenvalue weighted by atomic mass is 32.2. The molecule has 2 aromatic carbocycles. The van der Waals surface area contributed by atoms with E-state index in [2.05, 4.69) is 10.6 Å². The number of amides is 1. The third kappa shape index (κ3) is 7.58. The summed E-state index contributed by atoms with van der Waals surface area (Å²) in [6.07, 6.45) is -3.41. The van der Waals surface area contributed by atoms with Crippen LogP contribution < -0.4 is 10.6 Å². The number of halogens is 3. The van der Waals surface area contributed by atoms with Crippen molar-refractivity contribution < 1.29 is 26.4 Å². The second-order valence-corrected chi connectivity index (χ2v) is 10.1. The summed E-state index contributed by atoms with van der Waals surface area (Å²) in [6, 6.07) is 10.2. The molecule has 0 aromatic heterocycles. The second-order valence-electron chi connectivity index (χ2n) is 8.12. The average Bonchev–Trinajstić information content (AvgIpc) is 2.73. The maximum atomic E-state index is 13.9. The van der Waals surface area contributed by atoms with Crippen molar-refractivity contribution >= 4 is 15.7 Å². The molecule has 0 spiro atoms. The molecule has 2 rings (SSSR count). The topological polar surface area (TPSA) is 99.1 Å². The van der Waals surface area contributed by atoms with Crippen molar-refractivity contribution in [3.05, 3.63) is 54.1 Å². The predicted molar refractivity (Wildman–Crippen MR) is 119 cm³/mol. The zero-order valence-corrected chi connectivity index (χ0v) is 19.3. The van der Waals surface area contributed by atoms with E-state index in [-0.39, 0.29) is 29.3 Å². The summed E-state index contributed by atoms with van der Waals surface area (Å²) in [5.41, 5.74) is 1.20. The molecule has 0 fully saturated rings. The molecule has 178 valence electrons. The Balaban J connectivity index is 2.31. The smallest absolute Gasteiger partial charge is 0.342 e. The predicted octanol–water partition coefficient (Wildman–Crippen LogP) is 4.00. The molecule has 0 aliphatic heterocycles. The quantitative estimate of drug-likeness (QED) is 0.528. The molecule has 0 unspecified atom stereocenters. The van der Waals surface area contributed by atoms with Crippen molar-refractivity contribution in [1.82, 2.24) is 10.6 Å². The number of benzene rings is 2. The largest absolute Gasteiger partial charge is 0.407 e. The highest BCUT2D eigenvalue weighted by molar-refractivity contribution is 7.90. The van der Waals surface area contributed by atoms with Gasteiger partial charge in [0, 0.05) is 6.26 Å². The molecule has 2 aromatic rings. The first kappa shape index (κ1) is 26.4. The summed E-state index contributed by atoms with van der Waals surface area (Å²) in [6.45, 7) is 3.29.